The van der Waals surface area contributed by atoms with Crippen molar-refractivity contribution in [2.75, 3.05) is 33.3 Å². The third kappa shape index (κ3) is 4.26. The zero-order chi connectivity index (χ0) is 25.1. The summed E-state index contributed by atoms with van der Waals surface area (Å²) in [7, 11) is 6.09. The van der Waals surface area contributed by atoms with Gasteiger partial charge in [0, 0.05) is 11.3 Å². The minimum atomic E-state index is -0.912. The first-order chi connectivity index (χ1) is 16.9. The first-order valence-electron chi connectivity index (χ1n) is 10.7. The Hall–Kier alpha value is -4.46. The average molecular weight is 475 g/mol. The number of methoxy groups -OCH3 is 4. The number of hydrogen-bond acceptors (Lipinski definition) is 7. The van der Waals surface area contributed by atoms with Gasteiger partial charge in [0.1, 0.15) is 17.3 Å². The molecule has 3 aromatic rings. The third-order valence-corrected chi connectivity index (χ3v) is 5.88. The summed E-state index contributed by atoms with van der Waals surface area (Å²) in [5, 5.41) is 11.2. The summed E-state index contributed by atoms with van der Waals surface area (Å²) in [4.78, 5) is 27.9. The number of rotatable bonds is 7. The third-order valence-electron chi connectivity index (χ3n) is 5.88. The molecule has 0 aliphatic carbocycles. The van der Waals surface area contributed by atoms with Crippen molar-refractivity contribution in [3.8, 4) is 23.0 Å². The largest absolute Gasteiger partial charge is 0.507 e. The lowest BCUT2D eigenvalue weighted by Crippen LogP contribution is -2.29. The van der Waals surface area contributed by atoms with Crippen molar-refractivity contribution in [3.63, 3.8) is 0 Å². The molecule has 4 rings (SSSR count). The summed E-state index contributed by atoms with van der Waals surface area (Å²) in [6.07, 6.45) is 0. The fourth-order valence-electron chi connectivity index (χ4n) is 4.08. The second kappa shape index (κ2) is 9.80. The summed E-state index contributed by atoms with van der Waals surface area (Å²) < 4.78 is 21.2. The average Bonchev–Trinajstić information content (AvgIpc) is 3.17. The highest BCUT2D eigenvalue weighted by atomic mass is 16.5. The van der Waals surface area contributed by atoms with E-state index in [4.69, 9.17) is 18.9 Å². The van der Waals surface area contributed by atoms with Crippen LogP contribution in [0.2, 0.25) is 0 Å². The number of carbonyl (C=O) groups excluding carboxylic acids is 2. The molecule has 0 saturated carbocycles. The first kappa shape index (κ1) is 23.7. The molecular formula is C27H25NO7. The maximum absolute atomic E-state index is 13.3. The molecule has 0 bridgehead atoms. The fourth-order valence-corrected chi connectivity index (χ4v) is 4.08. The molecule has 1 aliphatic rings. The van der Waals surface area contributed by atoms with Crippen molar-refractivity contribution in [1.82, 2.24) is 0 Å². The van der Waals surface area contributed by atoms with Crippen LogP contribution in [0.3, 0.4) is 0 Å². The quantitative estimate of drug-likeness (QED) is 0.308. The summed E-state index contributed by atoms with van der Waals surface area (Å²) in [6.45, 7) is 0. The minimum absolute atomic E-state index is 0.0387. The van der Waals surface area contributed by atoms with Crippen LogP contribution in [0.5, 0.6) is 23.0 Å². The number of ether oxygens (including phenoxy) is 4. The lowest BCUT2D eigenvalue weighted by molar-refractivity contribution is -0.132. The molecule has 180 valence electrons. The number of amides is 1. The Balaban J connectivity index is 1.93. The zero-order valence-corrected chi connectivity index (χ0v) is 19.8. The molecule has 1 heterocycles. The van der Waals surface area contributed by atoms with Gasteiger partial charge in [-0.25, -0.2) is 0 Å². The highest BCUT2D eigenvalue weighted by Crippen LogP contribution is 2.44. The molecule has 1 fully saturated rings. The van der Waals surface area contributed by atoms with E-state index in [1.165, 1.54) is 26.2 Å². The maximum atomic E-state index is 13.3. The van der Waals surface area contributed by atoms with Crippen molar-refractivity contribution in [3.05, 3.63) is 83.4 Å². The van der Waals surface area contributed by atoms with Crippen LogP contribution in [0.15, 0.2) is 72.3 Å². The van der Waals surface area contributed by atoms with Gasteiger partial charge >= 0.3 is 0 Å². The van der Waals surface area contributed by atoms with Crippen LogP contribution < -0.4 is 23.8 Å². The molecule has 0 radical (unpaired) electrons. The number of aliphatic hydroxyl groups is 1. The molecular weight excluding hydrogens is 450 g/mol. The maximum Gasteiger partial charge on any atom is 0.300 e. The number of hydrogen-bond donors (Lipinski definition) is 1. The van der Waals surface area contributed by atoms with Crippen LogP contribution in [-0.4, -0.2) is 45.2 Å². The van der Waals surface area contributed by atoms with Crippen molar-refractivity contribution in [1.29, 1.82) is 0 Å². The Kier molecular flexibility index (Phi) is 6.64. The van der Waals surface area contributed by atoms with Gasteiger partial charge in [-0.1, -0.05) is 6.07 Å². The summed E-state index contributed by atoms with van der Waals surface area (Å²) in [6, 6.07) is 17.6. The minimum Gasteiger partial charge on any atom is -0.507 e. The number of ketones is 1. The van der Waals surface area contributed by atoms with E-state index in [0.29, 0.717) is 39.8 Å². The van der Waals surface area contributed by atoms with E-state index < -0.39 is 17.7 Å². The normalized spacial score (nSPS) is 16.8. The summed E-state index contributed by atoms with van der Waals surface area (Å²) in [5.74, 6) is 0.270. The predicted octanol–water partition coefficient (Wildman–Crippen LogP) is 4.35. The highest BCUT2D eigenvalue weighted by Gasteiger charge is 2.47. The van der Waals surface area contributed by atoms with Crippen molar-refractivity contribution < 1.29 is 33.6 Å². The van der Waals surface area contributed by atoms with Gasteiger partial charge in [0.25, 0.3) is 11.7 Å². The number of nitrogens with zero attached hydrogens (tertiary/aromatic N) is 1. The standard InChI is InChI=1S/C27H25NO7/c1-32-19-10-5-16(6-11-19)25(29)23-24(17-7-14-21(34-3)22(15-17)35-4)28(27(31)26(23)30)18-8-12-20(33-2)13-9-18/h5-15,24,29H,1-4H3/t24-/m0/s1. The van der Waals surface area contributed by atoms with Crippen molar-refractivity contribution in [2.45, 2.75) is 6.04 Å². The van der Waals surface area contributed by atoms with Gasteiger partial charge in [-0.3, -0.25) is 14.5 Å². The van der Waals surface area contributed by atoms with E-state index in [1.54, 1.807) is 73.8 Å². The van der Waals surface area contributed by atoms with Crippen LogP contribution in [0.4, 0.5) is 5.69 Å². The molecule has 1 atom stereocenters. The van der Waals surface area contributed by atoms with Crippen LogP contribution in [0, 0.1) is 0 Å². The SMILES string of the molecule is COc1ccc(C(O)=C2C(=O)C(=O)N(c3ccc(OC)cc3)[C@H]2c2ccc(OC)c(OC)c2)cc1. The smallest absolute Gasteiger partial charge is 0.300 e. The van der Waals surface area contributed by atoms with Crippen molar-refractivity contribution in [2.24, 2.45) is 0 Å². The van der Waals surface area contributed by atoms with Gasteiger partial charge in [0.05, 0.1) is 40.1 Å². The number of anilines is 1. The monoisotopic (exact) mass is 475 g/mol. The molecule has 1 aliphatic heterocycles. The Morgan fingerprint density at radius 3 is 1.86 bits per heavy atom. The Morgan fingerprint density at radius 2 is 1.31 bits per heavy atom. The molecule has 8 heteroatoms. The predicted molar refractivity (Wildman–Crippen MR) is 130 cm³/mol. The topological polar surface area (TPSA) is 94.5 Å². The second-order valence-electron chi connectivity index (χ2n) is 7.71. The Labute approximate surface area is 202 Å². The molecule has 35 heavy (non-hydrogen) atoms. The number of Topliss-reactive ketones (excluding diaryl/α,β-unsaturated/α-hetero) is 1. The molecule has 1 saturated heterocycles. The van der Waals surface area contributed by atoms with E-state index >= 15 is 0 Å². The van der Waals surface area contributed by atoms with Crippen molar-refractivity contribution >= 4 is 23.1 Å². The van der Waals surface area contributed by atoms with Gasteiger partial charge < -0.3 is 24.1 Å². The fraction of sp³-hybridized carbons (Fsp3) is 0.185. The van der Waals surface area contributed by atoms with Gasteiger partial charge in [0.15, 0.2) is 11.5 Å². The number of benzene rings is 3. The van der Waals surface area contributed by atoms with Crippen LogP contribution >= 0.6 is 0 Å². The van der Waals surface area contributed by atoms with Crippen LogP contribution in [0.1, 0.15) is 17.2 Å². The first-order valence-corrected chi connectivity index (χ1v) is 10.7. The number of carbonyl (C=O) groups is 2. The number of aliphatic hydroxyl groups excluding tert-OH is 1. The van der Waals surface area contributed by atoms with E-state index in [2.05, 4.69) is 0 Å². The van der Waals surface area contributed by atoms with Crippen LogP contribution in [0.25, 0.3) is 5.76 Å². The summed E-state index contributed by atoms with van der Waals surface area (Å²) >= 11 is 0. The molecule has 1 amide bonds. The molecule has 3 aromatic carbocycles. The highest BCUT2D eigenvalue weighted by molar-refractivity contribution is 6.51. The molecule has 0 spiro atoms. The molecule has 0 unspecified atom stereocenters. The lowest BCUT2D eigenvalue weighted by Gasteiger charge is -2.26. The summed E-state index contributed by atoms with van der Waals surface area (Å²) in [5.41, 5.74) is 1.38. The van der Waals surface area contributed by atoms with E-state index in [-0.39, 0.29) is 11.3 Å². The Bertz CT molecular complexity index is 1280. The lowest BCUT2D eigenvalue weighted by atomic mass is 9.94. The van der Waals surface area contributed by atoms with Gasteiger partial charge in [0.2, 0.25) is 0 Å². The Morgan fingerprint density at radius 1 is 0.743 bits per heavy atom. The van der Waals surface area contributed by atoms with Gasteiger partial charge in [-0.2, -0.15) is 0 Å². The van der Waals surface area contributed by atoms with E-state index in [0.717, 1.165) is 0 Å². The second-order valence-corrected chi connectivity index (χ2v) is 7.71. The zero-order valence-electron chi connectivity index (χ0n) is 19.8. The molecule has 8 nitrogen and oxygen atoms in total. The van der Waals surface area contributed by atoms with Crippen LogP contribution in [-0.2, 0) is 9.59 Å². The molecule has 0 aromatic heterocycles. The molecule has 1 N–H and O–H groups in total. The van der Waals surface area contributed by atoms with E-state index in [1.807, 2.05) is 0 Å². The van der Waals surface area contributed by atoms with E-state index in [9.17, 15) is 14.7 Å². The van der Waals surface area contributed by atoms with Gasteiger partial charge in [-0.05, 0) is 66.2 Å². The van der Waals surface area contributed by atoms with Gasteiger partial charge in [-0.15, -0.1) is 0 Å².